The number of non-ortho nitro benzene ring substituents is 1. The van der Waals surface area contributed by atoms with Gasteiger partial charge in [-0.3, -0.25) is 25.1 Å². The predicted octanol–water partition coefficient (Wildman–Crippen LogP) is 2.85. The number of aromatic hydroxyl groups is 1. The molecule has 0 bridgehead atoms. The largest absolute Gasteiger partial charge is 0.508 e. The van der Waals surface area contributed by atoms with E-state index in [1.54, 1.807) is 18.2 Å². The van der Waals surface area contributed by atoms with Crippen LogP contribution in [-0.2, 0) is 4.79 Å². The molecule has 2 N–H and O–H groups in total. The Labute approximate surface area is 162 Å². The second kappa shape index (κ2) is 7.56. The van der Waals surface area contributed by atoms with Gasteiger partial charge in [-0.25, -0.2) is 0 Å². The third-order valence-electron chi connectivity index (χ3n) is 3.52. The minimum Gasteiger partial charge on any atom is -0.508 e. The van der Waals surface area contributed by atoms with Gasteiger partial charge in [0, 0.05) is 17.7 Å². The van der Waals surface area contributed by atoms with Gasteiger partial charge in [-0.2, -0.15) is 5.01 Å². The molecule has 2 aromatic carbocycles. The van der Waals surface area contributed by atoms with E-state index in [-0.39, 0.29) is 21.3 Å². The average molecular weight is 401 g/mol. The third kappa shape index (κ3) is 4.13. The lowest BCUT2D eigenvalue weighted by Crippen LogP contribution is -2.44. The van der Waals surface area contributed by atoms with Crippen LogP contribution in [-0.4, -0.2) is 31.2 Å². The number of hydrogen-bond donors (Lipinski definition) is 2. The Bertz CT molecular complexity index is 988. The van der Waals surface area contributed by atoms with Crippen LogP contribution in [0, 0.1) is 10.1 Å². The topological polar surface area (TPSA) is 113 Å². The van der Waals surface area contributed by atoms with Crippen molar-refractivity contribution in [3.05, 3.63) is 74.7 Å². The van der Waals surface area contributed by atoms with Gasteiger partial charge in [-0.1, -0.05) is 30.0 Å². The first-order valence-electron chi connectivity index (χ1n) is 7.47. The highest BCUT2D eigenvalue weighted by Gasteiger charge is 2.33. The fourth-order valence-electron chi connectivity index (χ4n) is 2.21. The molecule has 0 unspecified atom stereocenters. The molecule has 0 aliphatic carbocycles. The van der Waals surface area contributed by atoms with Crippen LogP contribution in [0.5, 0.6) is 5.75 Å². The molecule has 3 rings (SSSR count). The molecule has 1 aliphatic heterocycles. The van der Waals surface area contributed by atoms with Crippen LogP contribution in [0.1, 0.15) is 15.9 Å². The zero-order valence-corrected chi connectivity index (χ0v) is 15.1. The van der Waals surface area contributed by atoms with Crippen LogP contribution < -0.4 is 5.43 Å². The molecule has 1 aliphatic rings. The van der Waals surface area contributed by atoms with E-state index < -0.39 is 16.7 Å². The van der Waals surface area contributed by atoms with Gasteiger partial charge in [0.1, 0.15) is 5.75 Å². The van der Waals surface area contributed by atoms with Gasteiger partial charge < -0.3 is 5.11 Å². The molecule has 10 heteroatoms. The zero-order chi connectivity index (χ0) is 19.6. The van der Waals surface area contributed by atoms with Gasteiger partial charge in [-0.15, -0.1) is 0 Å². The number of hydrogen-bond acceptors (Lipinski definition) is 7. The van der Waals surface area contributed by atoms with Crippen molar-refractivity contribution in [2.24, 2.45) is 0 Å². The van der Waals surface area contributed by atoms with Gasteiger partial charge >= 0.3 is 0 Å². The van der Waals surface area contributed by atoms with Crippen molar-refractivity contribution in [2.45, 2.75) is 0 Å². The van der Waals surface area contributed by atoms with Crippen molar-refractivity contribution < 1.29 is 19.6 Å². The molecule has 1 fully saturated rings. The summed E-state index contributed by atoms with van der Waals surface area (Å²) in [5, 5.41) is 21.1. The number of thiocarbonyl (C=S) groups is 1. The number of nitro benzene ring substituents is 1. The molecule has 0 spiro atoms. The molecule has 0 aromatic heterocycles. The highest BCUT2D eigenvalue weighted by molar-refractivity contribution is 8.26. The number of nitrogens with one attached hydrogen (secondary N) is 1. The molecule has 2 aromatic rings. The third-order valence-corrected chi connectivity index (χ3v) is 4.82. The van der Waals surface area contributed by atoms with Crippen LogP contribution in [0.4, 0.5) is 5.69 Å². The van der Waals surface area contributed by atoms with E-state index in [1.165, 1.54) is 30.3 Å². The average Bonchev–Trinajstić information content (AvgIpc) is 2.91. The number of nitro groups is 1. The lowest BCUT2D eigenvalue weighted by Gasteiger charge is -2.15. The monoisotopic (exact) mass is 401 g/mol. The van der Waals surface area contributed by atoms with E-state index in [2.05, 4.69) is 5.43 Å². The number of rotatable bonds is 4. The maximum Gasteiger partial charge on any atom is 0.285 e. The number of amides is 2. The molecule has 136 valence electrons. The van der Waals surface area contributed by atoms with Crippen molar-refractivity contribution in [1.82, 2.24) is 10.4 Å². The van der Waals surface area contributed by atoms with E-state index in [4.69, 9.17) is 12.2 Å². The zero-order valence-electron chi connectivity index (χ0n) is 13.5. The highest BCUT2D eigenvalue weighted by Crippen LogP contribution is 2.31. The molecule has 0 saturated carbocycles. The molecule has 1 heterocycles. The first-order chi connectivity index (χ1) is 12.8. The number of carbonyl (C=O) groups is 2. The number of benzene rings is 2. The Balaban J connectivity index is 1.77. The molecule has 0 atom stereocenters. The summed E-state index contributed by atoms with van der Waals surface area (Å²) in [5.41, 5.74) is 2.84. The van der Waals surface area contributed by atoms with E-state index >= 15 is 0 Å². The first-order valence-corrected chi connectivity index (χ1v) is 8.70. The second-order valence-electron chi connectivity index (χ2n) is 5.36. The number of carbonyl (C=O) groups excluding carboxylic acids is 2. The van der Waals surface area contributed by atoms with Gasteiger partial charge in [0.2, 0.25) is 0 Å². The van der Waals surface area contributed by atoms with E-state index in [0.717, 1.165) is 22.8 Å². The molecule has 0 radical (unpaired) electrons. The molecule has 8 nitrogen and oxygen atoms in total. The SMILES string of the molecule is O=C(NN1C(=O)/C(=C/c2ccc(O)cc2)SC1=S)c1cccc([N+](=O)[O-])c1. The molecule has 1 saturated heterocycles. The summed E-state index contributed by atoms with van der Waals surface area (Å²) >= 11 is 6.14. The van der Waals surface area contributed by atoms with Crippen LogP contribution in [0.25, 0.3) is 6.08 Å². The molecule has 2 amide bonds. The standard InChI is InChI=1S/C17H11N3O5S2/c21-13-6-4-10(5-7-13)8-14-16(23)19(17(26)27-14)18-15(22)11-2-1-3-12(9-11)20(24)25/h1-9,21H,(H,18,22)/b14-8-. The summed E-state index contributed by atoms with van der Waals surface area (Å²) in [4.78, 5) is 35.3. The summed E-state index contributed by atoms with van der Waals surface area (Å²) in [6.45, 7) is 0. The second-order valence-corrected chi connectivity index (χ2v) is 7.03. The lowest BCUT2D eigenvalue weighted by molar-refractivity contribution is -0.384. The molecular weight excluding hydrogens is 390 g/mol. The number of phenolic OH excluding ortho intramolecular Hbond substituents is 1. The molecular formula is C17H11N3O5S2. The number of phenols is 1. The Hall–Kier alpha value is -3.24. The summed E-state index contributed by atoms with van der Waals surface area (Å²) < 4.78 is 0.129. The molecule has 27 heavy (non-hydrogen) atoms. The maximum atomic E-state index is 12.5. The summed E-state index contributed by atoms with van der Waals surface area (Å²) in [7, 11) is 0. The van der Waals surface area contributed by atoms with Gasteiger partial charge in [0.25, 0.3) is 17.5 Å². The van der Waals surface area contributed by atoms with Crippen molar-refractivity contribution in [3.8, 4) is 5.75 Å². The number of thioether (sulfide) groups is 1. The van der Waals surface area contributed by atoms with E-state index in [0.29, 0.717) is 10.5 Å². The maximum absolute atomic E-state index is 12.5. The quantitative estimate of drug-likeness (QED) is 0.350. The van der Waals surface area contributed by atoms with Crippen molar-refractivity contribution >= 4 is 51.9 Å². The van der Waals surface area contributed by atoms with Crippen LogP contribution in [0.15, 0.2) is 53.4 Å². The first kappa shape index (κ1) is 18.5. The fraction of sp³-hybridized carbons (Fsp3) is 0. The van der Waals surface area contributed by atoms with Crippen LogP contribution in [0.3, 0.4) is 0 Å². The number of hydrazine groups is 1. The Morgan fingerprint density at radius 3 is 2.63 bits per heavy atom. The van der Waals surface area contributed by atoms with Crippen LogP contribution in [0.2, 0.25) is 0 Å². The summed E-state index contributed by atoms with van der Waals surface area (Å²) in [6, 6.07) is 11.4. The van der Waals surface area contributed by atoms with Crippen molar-refractivity contribution in [2.75, 3.05) is 0 Å². The normalized spacial score (nSPS) is 15.3. The smallest absolute Gasteiger partial charge is 0.285 e. The summed E-state index contributed by atoms with van der Waals surface area (Å²) in [6.07, 6.45) is 1.58. The lowest BCUT2D eigenvalue weighted by atomic mass is 10.2. The predicted molar refractivity (Wildman–Crippen MR) is 104 cm³/mol. The fourth-order valence-corrected chi connectivity index (χ4v) is 3.39. The van der Waals surface area contributed by atoms with Gasteiger partial charge in [-0.05, 0) is 42.1 Å². The Kier molecular flexibility index (Phi) is 5.19. The number of nitrogens with zero attached hydrogens (tertiary/aromatic N) is 2. The van der Waals surface area contributed by atoms with Crippen LogP contribution >= 0.6 is 24.0 Å². The van der Waals surface area contributed by atoms with Crippen molar-refractivity contribution in [3.63, 3.8) is 0 Å². The minimum absolute atomic E-state index is 0.0285. The summed E-state index contributed by atoms with van der Waals surface area (Å²) in [5.74, 6) is -1.11. The van der Waals surface area contributed by atoms with Gasteiger partial charge in [0.15, 0.2) is 4.32 Å². The Morgan fingerprint density at radius 2 is 1.96 bits per heavy atom. The minimum atomic E-state index is -0.694. The van der Waals surface area contributed by atoms with Gasteiger partial charge in [0.05, 0.1) is 9.83 Å². The highest BCUT2D eigenvalue weighted by atomic mass is 32.2. The Morgan fingerprint density at radius 1 is 1.26 bits per heavy atom. The van der Waals surface area contributed by atoms with Crippen molar-refractivity contribution in [1.29, 1.82) is 0 Å². The van der Waals surface area contributed by atoms with E-state index in [9.17, 15) is 24.8 Å². The van der Waals surface area contributed by atoms with E-state index in [1.807, 2.05) is 0 Å².